The van der Waals surface area contributed by atoms with E-state index in [-0.39, 0.29) is 17.9 Å². The van der Waals surface area contributed by atoms with E-state index >= 15 is 0 Å². The van der Waals surface area contributed by atoms with Crippen molar-refractivity contribution in [3.8, 4) is 0 Å². The number of hydrogen-bond acceptors (Lipinski definition) is 3. The van der Waals surface area contributed by atoms with Gasteiger partial charge in [-0.1, -0.05) is 13.8 Å². The number of hydrogen-bond donors (Lipinski definition) is 2. The summed E-state index contributed by atoms with van der Waals surface area (Å²) in [5, 5.41) is 11.7. The first kappa shape index (κ1) is 17.8. The van der Waals surface area contributed by atoms with E-state index in [0.29, 0.717) is 25.4 Å². The molecule has 0 spiro atoms. The van der Waals surface area contributed by atoms with Gasteiger partial charge in [0.25, 0.3) is 0 Å². The number of carbonyl (C=O) groups is 2. The van der Waals surface area contributed by atoms with Crippen molar-refractivity contribution in [3.63, 3.8) is 0 Å². The van der Waals surface area contributed by atoms with Crippen LogP contribution in [0.4, 0.5) is 4.79 Å². The molecule has 2 amide bonds. The number of carboxylic acids is 1. The summed E-state index contributed by atoms with van der Waals surface area (Å²) in [5.74, 6) is -0.440. The molecule has 1 aliphatic rings. The highest BCUT2D eigenvalue weighted by Gasteiger charge is 2.27. The van der Waals surface area contributed by atoms with Gasteiger partial charge in [0.1, 0.15) is 0 Å². The maximum atomic E-state index is 12.1. The Bertz CT molecular complexity index is 369. The summed E-state index contributed by atoms with van der Waals surface area (Å²) in [6.07, 6.45) is 1.75. The molecule has 2 N–H and O–H groups in total. The third kappa shape index (κ3) is 6.80. The first-order valence-electron chi connectivity index (χ1n) is 7.59. The topological polar surface area (TPSA) is 72.9 Å². The van der Waals surface area contributed by atoms with E-state index < -0.39 is 5.97 Å². The van der Waals surface area contributed by atoms with Crippen molar-refractivity contribution in [1.29, 1.82) is 0 Å². The van der Waals surface area contributed by atoms with E-state index in [1.807, 2.05) is 14.1 Å². The molecule has 1 atom stereocenters. The van der Waals surface area contributed by atoms with Crippen molar-refractivity contribution in [2.24, 2.45) is 11.3 Å². The van der Waals surface area contributed by atoms with Gasteiger partial charge in [-0.15, -0.1) is 0 Å². The molecule has 122 valence electrons. The number of aliphatic carboxylic acids is 1. The number of amides is 2. The maximum absolute atomic E-state index is 12.1. The standard InChI is InChI=1S/C15H29N3O3/c1-15(2,11-17(3)4)10-16-14(21)18-8-7-12(9-18)5-6-13(19)20/h12H,5-11H2,1-4H3,(H,16,21)(H,19,20). The lowest BCUT2D eigenvalue weighted by molar-refractivity contribution is -0.137. The Balaban J connectivity index is 2.32. The van der Waals surface area contributed by atoms with Crippen LogP contribution in [-0.4, -0.2) is 67.2 Å². The summed E-state index contributed by atoms with van der Waals surface area (Å²) in [6.45, 7) is 7.21. The zero-order chi connectivity index (χ0) is 16.0. The average molecular weight is 299 g/mol. The van der Waals surface area contributed by atoms with Gasteiger partial charge in [-0.2, -0.15) is 0 Å². The van der Waals surface area contributed by atoms with Gasteiger partial charge in [-0.05, 0) is 38.3 Å². The Morgan fingerprint density at radius 1 is 1.38 bits per heavy atom. The third-order valence-electron chi connectivity index (χ3n) is 3.80. The Morgan fingerprint density at radius 2 is 2.05 bits per heavy atom. The first-order chi connectivity index (χ1) is 9.69. The number of urea groups is 1. The summed E-state index contributed by atoms with van der Waals surface area (Å²) in [6, 6.07) is -0.0281. The van der Waals surface area contributed by atoms with E-state index in [2.05, 4.69) is 24.1 Å². The number of nitrogens with zero attached hydrogens (tertiary/aromatic N) is 2. The highest BCUT2D eigenvalue weighted by Crippen LogP contribution is 2.21. The second-order valence-electron chi connectivity index (χ2n) is 7.09. The van der Waals surface area contributed by atoms with Crippen molar-refractivity contribution in [2.75, 3.05) is 40.3 Å². The predicted octanol–water partition coefficient (Wildman–Crippen LogP) is 1.47. The van der Waals surface area contributed by atoms with Crippen LogP contribution in [0.1, 0.15) is 33.1 Å². The van der Waals surface area contributed by atoms with Crippen LogP contribution in [-0.2, 0) is 4.79 Å². The van der Waals surface area contributed by atoms with Crippen LogP contribution in [0, 0.1) is 11.3 Å². The molecule has 0 saturated carbocycles. The van der Waals surface area contributed by atoms with Crippen molar-refractivity contribution in [2.45, 2.75) is 33.1 Å². The van der Waals surface area contributed by atoms with Gasteiger partial charge < -0.3 is 20.2 Å². The van der Waals surface area contributed by atoms with Crippen LogP contribution >= 0.6 is 0 Å². The quantitative estimate of drug-likeness (QED) is 0.746. The minimum atomic E-state index is -0.761. The summed E-state index contributed by atoms with van der Waals surface area (Å²) < 4.78 is 0. The highest BCUT2D eigenvalue weighted by molar-refractivity contribution is 5.74. The molecule has 1 saturated heterocycles. The van der Waals surface area contributed by atoms with Crippen LogP contribution in [0.2, 0.25) is 0 Å². The minimum absolute atomic E-state index is 0.0281. The van der Waals surface area contributed by atoms with Gasteiger partial charge in [0, 0.05) is 32.6 Å². The molecule has 1 unspecified atom stereocenters. The molecule has 6 heteroatoms. The van der Waals surface area contributed by atoms with Crippen molar-refractivity contribution in [3.05, 3.63) is 0 Å². The van der Waals surface area contributed by atoms with Gasteiger partial charge in [-0.3, -0.25) is 4.79 Å². The van der Waals surface area contributed by atoms with E-state index in [4.69, 9.17) is 5.11 Å². The first-order valence-corrected chi connectivity index (χ1v) is 7.59. The second-order valence-corrected chi connectivity index (χ2v) is 7.09. The lowest BCUT2D eigenvalue weighted by Crippen LogP contribution is -2.45. The highest BCUT2D eigenvalue weighted by atomic mass is 16.4. The minimum Gasteiger partial charge on any atom is -0.481 e. The van der Waals surface area contributed by atoms with Crippen molar-refractivity contribution >= 4 is 12.0 Å². The van der Waals surface area contributed by atoms with E-state index in [1.165, 1.54) is 0 Å². The molecule has 0 bridgehead atoms. The van der Waals surface area contributed by atoms with Gasteiger partial charge in [-0.25, -0.2) is 4.79 Å². The Morgan fingerprint density at radius 3 is 2.62 bits per heavy atom. The largest absolute Gasteiger partial charge is 0.481 e. The van der Waals surface area contributed by atoms with Crippen LogP contribution in [0.15, 0.2) is 0 Å². The number of likely N-dealkylation sites (tertiary alicyclic amines) is 1. The number of rotatable bonds is 7. The van der Waals surface area contributed by atoms with E-state index in [9.17, 15) is 9.59 Å². The average Bonchev–Trinajstić information content (AvgIpc) is 2.81. The molecule has 0 aromatic carbocycles. The summed E-state index contributed by atoms with van der Waals surface area (Å²) >= 11 is 0. The van der Waals surface area contributed by atoms with E-state index in [1.54, 1.807) is 4.90 Å². The van der Waals surface area contributed by atoms with Crippen LogP contribution < -0.4 is 5.32 Å². The molecule has 1 fully saturated rings. The molecule has 1 heterocycles. The summed E-state index contributed by atoms with van der Waals surface area (Å²) in [7, 11) is 4.05. The fraction of sp³-hybridized carbons (Fsp3) is 0.867. The Labute approximate surface area is 127 Å². The van der Waals surface area contributed by atoms with Crippen LogP contribution in [0.25, 0.3) is 0 Å². The number of carbonyl (C=O) groups excluding carboxylic acids is 1. The smallest absolute Gasteiger partial charge is 0.317 e. The molecule has 1 rings (SSSR count). The monoisotopic (exact) mass is 299 g/mol. The Kier molecular flexibility index (Phi) is 6.45. The second kappa shape index (κ2) is 7.64. The van der Waals surface area contributed by atoms with Gasteiger partial charge in [0.05, 0.1) is 0 Å². The SMILES string of the molecule is CN(C)CC(C)(C)CNC(=O)N1CCC(CCC(=O)O)C1. The fourth-order valence-corrected chi connectivity index (χ4v) is 2.92. The summed E-state index contributed by atoms with van der Waals surface area (Å²) in [5.41, 5.74) is 0.0294. The Hall–Kier alpha value is -1.30. The molecular formula is C15H29N3O3. The molecule has 6 nitrogen and oxygen atoms in total. The van der Waals surface area contributed by atoms with Gasteiger partial charge >= 0.3 is 12.0 Å². The maximum Gasteiger partial charge on any atom is 0.317 e. The molecule has 0 radical (unpaired) electrons. The van der Waals surface area contributed by atoms with Crippen molar-refractivity contribution < 1.29 is 14.7 Å². The lowest BCUT2D eigenvalue weighted by atomic mass is 9.93. The summed E-state index contributed by atoms with van der Waals surface area (Å²) in [4.78, 5) is 26.6. The molecule has 1 aliphatic heterocycles. The lowest BCUT2D eigenvalue weighted by Gasteiger charge is -2.29. The molecule has 0 aliphatic carbocycles. The zero-order valence-corrected chi connectivity index (χ0v) is 13.7. The zero-order valence-electron chi connectivity index (χ0n) is 13.7. The normalized spacial score (nSPS) is 19.1. The van der Waals surface area contributed by atoms with Crippen LogP contribution in [0.3, 0.4) is 0 Å². The van der Waals surface area contributed by atoms with Gasteiger partial charge in [0.15, 0.2) is 0 Å². The molecule has 0 aromatic rings. The van der Waals surface area contributed by atoms with Gasteiger partial charge in [0.2, 0.25) is 0 Å². The molecular weight excluding hydrogens is 270 g/mol. The third-order valence-corrected chi connectivity index (χ3v) is 3.80. The number of carboxylic acid groups (broad SMARTS) is 1. The fourth-order valence-electron chi connectivity index (χ4n) is 2.92. The van der Waals surface area contributed by atoms with Crippen LogP contribution in [0.5, 0.6) is 0 Å². The van der Waals surface area contributed by atoms with E-state index in [0.717, 1.165) is 19.5 Å². The number of nitrogens with one attached hydrogen (secondary N) is 1. The van der Waals surface area contributed by atoms with Crippen molar-refractivity contribution in [1.82, 2.24) is 15.1 Å². The molecule has 0 aromatic heterocycles. The predicted molar refractivity (Wildman–Crippen MR) is 82.3 cm³/mol. The molecule has 21 heavy (non-hydrogen) atoms.